The quantitative estimate of drug-likeness (QED) is 0.214. The third-order valence-electron chi connectivity index (χ3n) is 4.70. The Kier molecular flexibility index (Phi) is 13.3. The average molecular weight is 425 g/mol. The first-order valence-corrected chi connectivity index (χ1v) is 10.4. The molecule has 0 bridgehead atoms. The number of para-hydroxylation sites is 1. The molecule has 5 N–H and O–H groups in total. The molecule has 1 rings (SSSR count). The monoisotopic (exact) mass is 424 g/mol. The van der Waals surface area contributed by atoms with Crippen LogP contribution in [0.1, 0.15) is 76.1 Å². The van der Waals surface area contributed by atoms with Gasteiger partial charge in [0.25, 0.3) is 0 Å². The largest absolute Gasteiger partial charge is 0.481 e. The molecule has 8 nitrogen and oxygen atoms in total. The maximum Gasteiger partial charge on any atom is 0.303 e. The lowest BCUT2D eigenvalue weighted by Gasteiger charge is -2.38. The van der Waals surface area contributed by atoms with Crippen molar-refractivity contribution in [2.45, 2.75) is 71.4 Å². The van der Waals surface area contributed by atoms with Crippen molar-refractivity contribution in [3.63, 3.8) is 0 Å². The Balaban J connectivity index is 0.000000890. The molecule has 30 heavy (non-hydrogen) atoms. The number of unbranched alkanes of at least 4 members (excludes halogenated alkanes) is 2. The Morgan fingerprint density at radius 1 is 0.933 bits per heavy atom. The average Bonchev–Trinajstić information content (AvgIpc) is 2.72. The molecule has 0 radical (unpaired) electrons. The van der Waals surface area contributed by atoms with E-state index in [9.17, 15) is 19.5 Å². The van der Waals surface area contributed by atoms with Gasteiger partial charge in [0.15, 0.2) is 5.72 Å². The molecule has 0 saturated heterocycles. The number of carboxylic acids is 2. The number of aliphatic carboxylic acids is 2. The molecule has 8 heteroatoms. The summed E-state index contributed by atoms with van der Waals surface area (Å²) in [6.07, 6.45) is 3.75. The van der Waals surface area contributed by atoms with Crippen molar-refractivity contribution in [2.75, 3.05) is 18.8 Å². The summed E-state index contributed by atoms with van der Waals surface area (Å²) in [7, 11) is 0. The maximum atomic E-state index is 12.9. The second-order valence-electron chi connectivity index (χ2n) is 7.07. The van der Waals surface area contributed by atoms with Crippen LogP contribution in [0, 0.1) is 0 Å². The Morgan fingerprint density at radius 2 is 1.40 bits per heavy atom. The molecule has 1 aromatic carbocycles. The third kappa shape index (κ3) is 9.37. The summed E-state index contributed by atoms with van der Waals surface area (Å²) >= 11 is 0. The van der Waals surface area contributed by atoms with Gasteiger partial charge in [-0.05, 0) is 31.4 Å². The number of ketones is 1. The number of carbonyl (C=O) groups excluding carboxylic acids is 1. The van der Waals surface area contributed by atoms with Gasteiger partial charge >= 0.3 is 11.9 Å². The molecule has 1 unspecified atom stereocenters. The van der Waals surface area contributed by atoms with Crippen molar-refractivity contribution in [3.8, 4) is 0 Å². The minimum Gasteiger partial charge on any atom is -0.481 e. The standard InChI is InChI=1S/C18H30N2O2.C4H6O4/c1-4-7-13-20(14-8-5-2)18(22,6-3)17(21)15-11-9-10-12-16(15)19;5-3(6)1-2-4(7)8/h9-12,22H,4-8,13-14,19H2,1-3H3;1-2H2,(H,5,6)(H,7,8). The van der Waals surface area contributed by atoms with Gasteiger partial charge in [-0.1, -0.05) is 45.7 Å². The molecule has 0 aliphatic carbocycles. The summed E-state index contributed by atoms with van der Waals surface area (Å²) in [6, 6.07) is 6.97. The number of nitrogen functional groups attached to an aromatic ring is 1. The van der Waals surface area contributed by atoms with Crippen molar-refractivity contribution in [1.29, 1.82) is 0 Å². The van der Waals surface area contributed by atoms with Gasteiger partial charge in [0, 0.05) is 24.3 Å². The zero-order chi connectivity index (χ0) is 23.2. The lowest BCUT2D eigenvalue weighted by molar-refractivity contribution is -0.143. The molecule has 0 fully saturated rings. The first kappa shape index (κ1) is 27.5. The maximum absolute atomic E-state index is 12.9. The van der Waals surface area contributed by atoms with Gasteiger partial charge in [0.05, 0.1) is 12.8 Å². The molecule has 0 spiro atoms. The van der Waals surface area contributed by atoms with E-state index < -0.39 is 17.7 Å². The number of hydrogen-bond donors (Lipinski definition) is 4. The summed E-state index contributed by atoms with van der Waals surface area (Å²) in [6.45, 7) is 7.51. The van der Waals surface area contributed by atoms with E-state index in [2.05, 4.69) is 13.8 Å². The SMILES string of the molecule is CCCCN(CCCC)C(O)(CC)C(=O)c1ccccc1N.O=C(O)CCC(=O)O. The Bertz CT molecular complexity index is 657. The van der Waals surface area contributed by atoms with E-state index in [0.29, 0.717) is 17.7 Å². The van der Waals surface area contributed by atoms with Crippen molar-refractivity contribution in [3.05, 3.63) is 29.8 Å². The Morgan fingerprint density at radius 3 is 1.77 bits per heavy atom. The van der Waals surface area contributed by atoms with Gasteiger partial charge in [-0.3, -0.25) is 19.3 Å². The second-order valence-corrected chi connectivity index (χ2v) is 7.07. The predicted octanol–water partition coefficient (Wildman–Crippen LogP) is 3.39. The van der Waals surface area contributed by atoms with E-state index in [1.807, 2.05) is 11.8 Å². The van der Waals surface area contributed by atoms with E-state index in [4.69, 9.17) is 15.9 Å². The van der Waals surface area contributed by atoms with Gasteiger partial charge < -0.3 is 21.1 Å². The molecule has 1 aromatic rings. The Hall–Kier alpha value is -2.45. The summed E-state index contributed by atoms with van der Waals surface area (Å²) in [5.74, 6) is -2.44. The molecule has 0 aliphatic heterocycles. The van der Waals surface area contributed by atoms with Crippen LogP contribution in [0.5, 0.6) is 0 Å². The summed E-state index contributed by atoms with van der Waals surface area (Å²) < 4.78 is 0. The van der Waals surface area contributed by atoms with Crippen molar-refractivity contribution < 1.29 is 29.7 Å². The van der Waals surface area contributed by atoms with Gasteiger partial charge in [-0.25, -0.2) is 0 Å². The van der Waals surface area contributed by atoms with Gasteiger partial charge in [0.1, 0.15) is 0 Å². The number of anilines is 1. The molecule has 1 atom stereocenters. The van der Waals surface area contributed by atoms with Gasteiger partial charge in [0.2, 0.25) is 5.78 Å². The highest BCUT2D eigenvalue weighted by atomic mass is 16.4. The molecule has 0 heterocycles. The highest BCUT2D eigenvalue weighted by molar-refractivity contribution is 6.05. The van der Waals surface area contributed by atoms with Crippen LogP contribution in [0.2, 0.25) is 0 Å². The summed E-state index contributed by atoms with van der Waals surface area (Å²) in [5, 5.41) is 26.9. The van der Waals surface area contributed by atoms with Crippen LogP contribution >= 0.6 is 0 Å². The second kappa shape index (κ2) is 14.5. The fraction of sp³-hybridized carbons (Fsp3) is 0.591. The molecule has 0 saturated carbocycles. The van der Waals surface area contributed by atoms with Crippen LogP contribution in [0.4, 0.5) is 5.69 Å². The number of hydrogen-bond acceptors (Lipinski definition) is 6. The minimum atomic E-state index is -1.47. The van der Waals surface area contributed by atoms with Crippen LogP contribution in [0.15, 0.2) is 24.3 Å². The fourth-order valence-corrected chi connectivity index (χ4v) is 2.84. The first-order chi connectivity index (χ1) is 14.1. The molecular weight excluding hydrogens is 388 g/mol. The normalized spacial score (nSPS) is 12.6. The van der Waals surface area contributed by atoms with E-state index in [0.717, 1.165) is 38.8 Å². The van der Waals surface area contributed by atoms with Crippen molar-refractivity contribution in [2.24, 2.45) is 0 Å². The number of aliphatic hydroxyl groups is 1. The number of benzene rings is 1. The number of carbonyl (C=O) groups is 3. The summed E-state index contributed by atoms with van der Waals surface area (Å²) in [5.41, 5.74) is 5.28. The van der Waals surface area contributed by atoms with E-state index in [1.165, 1.54) is 0 Å². The lowest BCUT2D eigenvalue weighted by Crippen LogP contribution is -2.55. The third-order valence-corrected chi connectivity index (χ3v) is 4.70. The lowest BCUT2D eigenvalue weighted by atomic mass is 9.94. The number of nitrogens with two attached hydrogens (primary N) is 1. The Labute approximate surface area is 178 Å². The van der Waals surface area contributed by atoms with E-state index in [-0.39, 0.29) is 18.6 Å². The van der Waals surface area contributed by atoms with Crippen LogP contribution in [-0.2, 0) is 9.59 Å². The molecule has 0 amide bonds. The van der Waals surface area contributed by atoms with Gasteiger partial charge in [-0.15, -0.1) is 0 Å². The smallest absolute Gasteiger partial charge is 0.303 e. The van der Waals surface area contributed by atoms with Crippen LogP contribution < -0.4 is 5.73 Å². The van der Waals surface area contributed by atoms with Crippen molar-refractivity contribution >= 4 is 23.4 Å². The zero-order valence-electron chi connectivity index (χ0n) is 18.3. The number of rotatable bonds is 13. The highest BCUT2D eigenvalue weighted by Gasteiger charge is 2.40. The molecule has 0 aromatic heterocycles. The summed E-state index contributed by atoms with van der Waals surface area (Å²) in [4.78, 5) is 34.1. The zero-order valence-corrected chi connectivity index (χ0v) is 18.3. The topological polar surface area (TPSA) is 141 Å². The molecule has 0 aliphatic rings. The number of Topliss-reactive ketones (excluding diaryl/α,β-unsaturated/α-hetero) is 1. The molecule has 170 valence electrons. The number of carboxylic acid groups (broad SMARTS) is 2. The van der Waals surface area contributed by atoms with Gasteiger partial charge in [-0.2, -0.15) is 0 Å². The first-order valence-electron chi connectivity index (χ1n) is 10.4. The van der Waals surface area contributed by atoms with Crippen molar-refractivity contribution in [1.82, 2.24) is 4.90 Å². The fourth-order valence-electron chi connectivity index (χ4n) is 2.84. The predicted molar refractivity (Wildman–Crippen MR) is 116 cm³/mol. The van der Waals surface area contributed by atoms with Crippen LogP contribution in [0.3, 0.4) is 0 Å². The molecular formula is C22H36N2O6. The van der Waals surface area contributed by atoms with E-state index in [1.54, 1.807) is 24.3 Å². The van der Waals surface area contributed by atoms with Crippen LogP contribution in [0.25, 0.3) is 0 Å². The van der Waals surface area contributed by atoms with Crippen LogP contribution in [-0.4, -0.2) is 56.8 Å². The number of nitrogens with zero attached hydrogens (tertiary/aromatic N) is 1. The highest BCUT2D eigenvalue weighted by Crippen LogP contribution is 2.26. The minimum absolute atomic E-state index is 0.291. The van der Waals surface area contributed by atoms with E-state index >= 15 is 0 Å².